The minimum Gasteiger partial charge on any atom is -0.483 e. The number of carbonyl (C=O) groups excluding carboxylic acids is 2. The number of para-hydroxylation sites is 1. The molecule has 0 spiro atoms. The highest BCUT2D eigenvalue weighted by molar-refractivity contribution is 5.78. The Balaban J connectivity index is 2.11. The Hall–Kier alpha value is -2.86. The van der Waals surface area contributed by atoms with Crippen molar-refractivity contribution < 1.29 is 19.4 Å². The first-order chi connectivity index (χ1) is 17.0. The van der Waals surface area contributed by atoms with Crippen molar-refractivity contribution in [1.82, 2.24) is 10.6 Å². The Morgan fingerprint density at radius 3 is 2.06 bits per heavy atom. The molecule has 0 unspecified atom stereocenters. The maximum atomic E-state index is 12.9. The van der Waals surface area contributed by atoms with Crippen LogP contribution in [-0.2, 0) is 16.0 Å². The summed E-state index contributed by atoms with van der Waals surface area (Å²) < 4.78 is 5.83. The van der Waals surface area contributed by atoms with Crippen LogP contribution in [0, 0.1) is 25.7 Å². The van der Waals surface area contributed by atoms with Crippen LogP contribution in [0.5, 0.6) is 5.75 Å². The van der Waals surface area contributed by atoms with Crippen molar-refractivity contribution in [1.29, 1.82) is 0 Å². The Kier molecular flexibility index (Phi) is 11.9. The van der Waals surface area contributed by atoms with Gasteiger partial charge < -0.3 is 20.5 Å². The second-order valence-corrected chi connectivity index (χ2v) is 10.7. The average molecular weight is 497 g/mol. The predicted molar refractivity (Wildman–Crippen MR) is 145 cm³/mol. The van der Waals surface area contributed by atoms with Crippen LogP contribution in [-0.4, -0.2) is 41.7 Å². The zero-order chi connectivity index (χ0) is 26.7. The molecule has 2 rings (SSSR count). The lowest BCUT2D eigenvalue weighted by Gasteiger charge is -2.29. The van der Waals surface area contributed by atoms with Gasteiger partial charge in [0.1, 0.15) is 5.75 Å². The molecule has 198 valence electrons. The van der Waals surface area contributed by atoms with E-state index in [0.717, 1.165) is 23.1 Å². The summed E-state index contributed by atoms with van der Waals surface area (Å²) >= 11 is 0. The topological polar surface area (TPSA) is 87.7 Å². The Morgan fingerprint density at radius 1 is 0.833 bits per heavy atom. The molecule has 6 heteroatoms. The van der Waals surface area contributed by atoms with E-state index in [4.69, 9.17) is 4.74 Å². The Labute approximate surface area is 216 Å². The van der Waals surface area contributed by atoms with Crippen LogP contribution in [0.1, 0.15) is 63.6 Å². The summed E-state index contributed by atoms with van der Waals surface area (Å²) in [5, 5.41) is 17.4. The molecule has 0 bridgehead atoms. The van der Waals surface area contributed by atoms with Gasteiger partial charge in [0.2, 0.25) is 5.91 Å². The van der Waals surface area contributed by atoms with Gasteiger partial charge in [-0.1, -0.05) is 76.2 Å². The first-order valence-electron chi connectivity index (χ1n) is 13.0. The summed E-state index contributed by atoms with van der Waals surface area (Å²) in [7, 11) is 0. The minimum absolute atomic E-state index is 0.00602. The van der Waals surface area contributed by atoms with Gasteiger partial charge in [-0.25, -0.2) is 0 Å². The molecule has 0 heterocycles. The van der Waals surface area contributed by atoms with Crippen molar-refractivity contribution in [3.05, 3.63) is 65.2 Å². The fraction of sp³-hybridized carbons (Fsp3) is 0.533. The molecule has 0 aliphatic rings. The number of nitrogens with one attached hydrogen (secondary N) is 2. The lowest BCUT2D eigenvalue weighted by Crippen LogP contribution is -2.49. The predicted octanol–water partition coefficient (Wildman–Crippen LogP) is 4.74. The molecule has 3 N–H and O–H groups in total. The van der Waals surface area contributed by atoms with Crippen molar-refractivity contribution in [2.75, 3.05) is 6.61 Å². The molecule has 0 saturated carbocycles. The summed E-state index contributed by atoms with van der Waals surface area (Å²) in [6.07, 6.45) is 1.20. The van der Waals surface area contributed by atoms with E-state index in [1.165, 1.54) is 0 Å². The molecular weight excluding hydrogens is 452 g/mol. The van der Waals surface area contributed by atoms with Gasteiger partial charge in [-0.2, -0.15) is 0 Å². The highest BCUT2D eigenvalue weighted by Crippen LogP contribution is 2.22. The molecular formula is C30H44N2O4. The molecule has 0 radical (unpaired) electrons. The Morgan fingerprint density at radius 2 is 1.47 bits per heavy atom. The summed E-state index contributed by atoms with van der Waals surface area (Å²) in [6.45, 7) is 12.0. The lowest BCUT2D eigenvalue weighted by atomic mass is 9.92. The highest BCUT2D eigenvalue weighted by atomic mass is 16.5. The number of rotatable bonds is 14. The summed E-state index contributed by atoms with van der Waals surface area (Å²) in [5.41, 5.74) is 2.96. The maximum Gasteiger partial charge on any atom is 0.258 e. The normalized spacial score (nSPS) is 13.8. The lowest BCUT2D eigenvalue weighted by molar-refractivity contribution is -0.125. The van der Waals surface area contributed by atoms with E-state index in [9.17, 15) is 14.7 Å². The first-order valence-corrected chi connectivity index (χ1v) is 13.0. The van der Waals surface area contributed by atoms with E-state index in [2.05, 4.69) is 24.5 Å². The van der Waals surface area contributed by atoms with E-state index in [-0.39, 0.29) is 30.4 Å². The number of ether oxygens (including phenoxy) is 1. The van der Waals surface area contributed by atoms with E-state index >= 15 is 0 Å². The third-order valence-electron chi connectivity index (χ3n) is 6.11. The largest absolute Gasteiger partial charge is 0.483 e. The molecule has 0 aromatic heterocycles. The van der Waals surface area contributed by atoms with Gasteiger partial charge in [-0.3, -0.25) is 9.59 Å². The zero-order valence-corrected chi connectivity index (χ0v) is 22.7. The van der Waals surface area contributed by atoms with Crippen molar-refractivity contribution in [3.8, 4) is 5.75 Å². The van der Waals surface area contributed by atoms with Gasteiger partial charge in [-0.05, 0) is 61.6 Å². The van der Waals surface area contributed by atoms with Crippen LogP contribution >= 0.6 is 0 Å². The van der Waals surface area contributed by atoms with Crippen LogP contribution in [0.4, 0.5) is 0 Å². The number of aryl methyl sites for hydroxylation is 2. The van der Waals surface area contributed by atoms with Gasteiger partial charge in [0.15, 0.2) is 6.61 Å². The second kappa shape index (κ2) is 14.6. The second-order valence-electron chi connectivity index (χ2n) is 10.7. The van der Waals surface area contributed by atoms with Crippen LogP contribution in [0.25, 0.3) is 0 Å². The zero-order valence-electron chi connectivity index (χ0n) is 22.7. The molecule has 36 heavy (non-hydrogen) atoms. The first kappa shape index (κ1) is 29.4. The van der Waals surface area contributed by atoms with Crippen molar-refractivity contribution in [2.45, 2.75) is 85.4 Å². The van der Waals surface area contributed by atoms with Gasteiger partial charge in [0, 0.05) is 12.5 Å². The maximum absolute atomic E-state index is 12.9. The number of amides is 2. The number of hydrogen-bond acceptors (Lipinski definition) is 4. The van der Waals surface area contributed by atoms with Crippen LogP contribution in [0.2, 0.25) is 0 Å². The molecule has 3 atom stereocenters. The smallest absolute Gasteiger partial charge is 0.258 e. The fourth-order valence-corrected chi connectivity index (χ4v) is 4.46. The molecule has 6 nitrogen and oxygen atoms in total. The van der Waals surface area contributed by atoms with E-state index in [0.29, 0.717) is 30.9 Å². The molecule has 2 aromatic carbocycles. The highest BCUT2D eigenvalue weighted by Gasteiger charge is 2.27. The van der Waals surface area contributed by atoms with E-state index in [1.807, 2.05) is 76.2 Å². The number of aliphatic hydroxyl groups is 1. The van der Waals surface area contributed by atoms with Gasteiger partial charge in [0.05, 0.1) is 12.1 Å². The van der Waals surface area contributed by atoms with Crippen molar-refractivity contribution >= 4 is 11.8 Å². The van der Waals surface area contributed by atoms with Crippen LogP contribution in [0.3, 0.4) is 0 Å². The SMILES string of the molecule is Cc1cccc(C)c1OCC(=O)N[C@@H](Cc1ccccc1)[C@@H](O)C[C@H](CC(C)C)NC(=O)CC(C)C. The number of aliphatic hydroxyl groups excluding tert-OH is 1. The molecule has 0 aliphatic heterocycles. The molecule has 0 aliphatic carbocycles. The molecule has 0 saturated heterocycles. The van der Waals surface area contributed by atoms with Gasteiger partial charge >= 0.3 is 0 Å². The minimum atomic E-state index is -0.836. The number of hydrogen-bond donors (Lipinski definition) is 3. The molecule has 2 aromatic rings. The van der Waals surface area contributed by atoms with Crippen LogP contribution in [0.15, 0.2) is 48.5 Å². The monoisotopic (exact) mass is 496 g/mol. The molecule has 0 fully saturated rings. The average Bonchev–Trinajstić information content (AvgIpc) is 2.78. The van der Waals surface area contributed by atoms with E-state index < -0.39 is 12.1 Å². The van der Waals surface area contributed by atoms with Crippen LogP contribution < -0.4 is 15.4 Å². The number of carbonyl (C=O) groups is 2. The van der Waals surface area contributed by atoms with Crippen molar-refractivity contribution in [2.24, 2.45) is 11.8 Å². The summed E-state index contributed by atoms with van der Waals surface area (Å²) in [4.78, 5) is 25.4. The summed E-state index contributed by atoms with van der Waals surface area (Å²) in [6, 6.07) is 15.0. The van der Waals surface area contributed by atoms with Gasteiger partial charge in [-0.15, -0.1) is 0 Å². The van der Waals surface area contributed by atoms with Gasteiger partial charge in [0.25, 0.3) is 5.91 Å². The third-order valence-corrected chi connectivity index (χ3v) is 6.11. The third kappa shape index (κ3) is 10.4. The quantitative estimate of drug-likeness (QED) is 0.353. The summed E-state index contributed by atoms with van der Waals surface area (Å²) in [5.74, 6) is 1.03. The molecule has 2 amide bonds. The van der Waals surface area contributed by atoms with E-state index in [1.54, 1.807) is 0 Å². The number of benzene rings is 2. The standard InChI is InChI=1S/C30H44N2O4/c1-20(2)15-25(31-28(34)16-21(3)4)18-27(33)26(17-24-13-8-7-9-14-24)32-29(35)19-36-30-22(5)11-10-12-23(30)6/h7-14,20-21,25-27,33H,15-19H2,1-6H3,(H,31,34)(H,32,35)/t25-,26-,27-/m0/s1. The fourth-order valence-electron chi connectivity index (χ4n) is 4.46. The Bertz CT molecular complexity index is 938. The van der Waals surface area contributed by atoms with Crippen molar-refractivity contribution in [3.63, 3.8) is 0 Å².